The van der Waals surface area contributed by atoms with Crippen molar-refractivity contribution in [2.24, 2.45) is 0 Å². The molecule has 2 heterocycles. The zero-order valence-electron chi connectivity index (χ0n) is 10.4. The molecule has 0 fully saturated rings. The highest BCUT2D eigenvalue weighted by atomic mass is 16.5. The van der Waals surface area contributed by atoms with Gasteiger partial charge in [0.25, 0.3) is 0 Å². The maximum absolute atomic E-state index is 5.07. The van der Waals surface area contributed by atoms with E-state index in [1.807, 2.05) is 13.0 Å². The second kappa shape index (κ2) is 6.02. The Morgan fingerprint density at radius 3 is 2.67 bits per heavy atom. The standard InChI is InChI=1S/C12H15N5O/c1-3-15-11-4-10(9-5-13-8-14-6-9)16-12(17-11)7-18-2/h4-6,8H,3,7H2,1-2H3,(H,15,16,17). The van der Waals surface area contributed by atoms with E-state index in [0.717, 1.165) is 23.6 Å². The first-order valence-corrected chi connectivity index (χ1v) is 5.69. The lowest BCUT2D eigenvalue weighted by Crippen LogP contribution is -2.05. The molecule has 0 atom stereocenters. The van der Waals surface area contributed by atoms with E-state index in [4.69, 9.17) is 4.74 Å². The molecule has 0 amide bonds. The Bertz CT molecular complexity index is 479. The number of rotatable bonds is 5. The van der Waals surface area contributed by atoms with Crippen LogP contribution in [-0.4, -0.2) is 33.6 Å². The van der Waals surface area contributed by atoms with Gasteiger partial charge in [-0.1, -0.05) is 0 Å². The monoisotopic (exact) mass is 245 g/mol. The van der Waals surface area contributed by atoms with E-state index in [0.29, 0.717) is 12.4 Å². The molecule has 94 valence electrons. The van der Waals surface area contributed by atoms with Crippen LogP contribution in [0, 0.1) is 0 Å². The number of ether oxygens (including phenoxy) is 1. The molecule has 2 aromatic heterocycles. The van der Waals surface area contributed by atoms with Crippen molar-refractivity contribution in [2.75, 3.05) is 19.0 Å². The maximum atomic E-state index is 5.07. The molecule has 0 saturated carbocycles. The van der Waals surface area contributed by atoms with Crippen LogP contribution in [0.1, 0.15) is 12.7 Å². The number of anilines is 1. The van der Waals surface area contributed by atoms with E-state index in [1.165, 1.54) is 6.33 Å². The minimum atomic E-state index is 0.375. The van der Waals surface area contributed by atoms with Crippen LogP contribution in [0.3, 0.4) is 0 Å². The molecule has 1 N–H and O–H groups in total. The quantitative estimate of drug-likeness (QED) is 0.860. The summed E-state index contributed by atoms with van der Waals surface area (Å²) in [7, 11) is 1.62. The molecular formula is C12H15N5O. The van der Waals surface area contributed by atoms with Crippen molar-refractivity contribution in [3.05, 3.63) is 30.6 Å². The van der Waals surface area contributed by atoms with Crippen LogP contribution < -0.4 is 5.32 Å². The molecule has 6 nitrogen and oxygen atoms in total. The molecule has 18 heavy (non-hydrogen) atoms. The lowest BCUT2D eigenvalue weighted by molar-refractivity contribution is 0.178. The van der Waals surface area contributed by atoms with Gasteiger partial charge < -0.3 is 10.1 Å². The van der Waals surface area contributed by atoms with E-state index in [1.54, 1.807) is 19.5 Å². The van der Waals surface area contributed by atoms with Gasteiger partial charge in [0.05, 0.1) is 5.69 Å². The normalized spacial score (nSPS) is 10.3. The highest BCUT2D eigenvalue weighted by Gasteiger charge is 2.06. The molecule has 0 saturated heterocycles. The van der Waals surface area contributed by atoms with Gasteiger partial charge in [0.2, 0.25) is 0 Å². The first kappa shape index (κ1) is 12.4. The van der Waals surface area contributed by atoms with Crippen molar-refractivity contribution in [3.63, 3.8) is 0 Å². The topological polar surface area (TPSA) is 72.8 Å². The Labute approximate surface area is 105 Å². The Hall–Kier alpha value is -2.08. The summed E-state index contributed by atoms with van der Waals surface area (Å²) in [6.45, 7) is 3.19. The van der Waals surface area contributed by atoms with Gasteiger partial charge in [0.15, 0.2) is 5.82 Å². The number of hydrogen-bond donors (Lipinski definition) is 1. The lowest BCUT2D eigenvalue weighted by atomic mass is 10.2. The predicted molar refractivity (Wildman–Crippen MR) is 67.9 cm³/mol. The van der Waals surface area contributed by atoms with Crippen LogP contribution in [0.5, 0.6) is 0 Å². The molecule has 2 rings (SSSR count). The number of hydrogen-bond acceptors (Lipinski definition) is 6. The second-order valence-electron chi connectivity index (χ2n) is 3.65. The van der Waals surface area contributed by atoms with Crippen molar-refractivity contribution in [2.45, 2.75) is 13.5 Å². The second-order valence-corrected chi connectivity index (χ2v) is 3.65. The summed E-state index contributed by atoms with van der Waals surface area (Å²) in [6, 6.07) is 1.88. The minimum Gasteiger partial charge on any atom is -0.377 e. The molecule has 0 aliphatic heterocycles. The summed E-state index contributed by atoms with van der Waals surface area (Å²) in [5.74, 6) is 1.41. The van der Waals surface area contributed by atoms with E-state index >= 15 is 0 Å². The zero-order valence-corrected chi connectivity index (χ0v) is 10.4. The molecule has 0 aliphatic carbocycles. The third-order valence-corrected chi connectivity index (χ3v) is 2.26. The summed E-state index contributed by atoms with van der Waals surface area (Å²) in [5, 5.41) is 3.17. The summed E-state index contributed by atoms with van der Waals surface area (Å²) in [4.78, 5) is 16.7. The summed E-state index contributed by atoms with van der Waals surface area (Å²) < 4.78 is 5.07. The molecule has 0 bridgehead atoms. The number of nitrogens with zero attached hydrogens (tertiary/aromatic N) is 4. The smallest absolute Gasteiger partial charge is 0.157 e. The Kier molecular flexibility index (Phi) is 4.14. The van der Waals surface area contributed by atoms with E-state index in [2.05, 4.69) is 25.3 Å². The fourth-order valence-corrected chi connectivity index (χ4v) is 1.54. The van der Waals surface area contributed by atoms with E-state index < -0.39 is 0 Å². The lowest BCUT2D eigenvalue weighted by Gasteiger charge is -2.08. The molecule has 6 heteroatoms. The van der Waals surface area contributed by atoms with Crippen molar-refractivity contribution in [1.29, 1.82) is 0 Å². The van der Waals surface area contributed by atoms with Gasteiger partial charge in [-0.05, 0) is 6.92 Å². The summed E-state index contributed by atoms with van der Waals surface area (Å²) >= 11 is 0. The van der Waals surface area contributed by atoms with Crippen LogP contribution in [-0.2, 0) is 11.3 Å². The van der Waals surface area contributed by atoms with Gasteiger partial charge in [-0.25, -0.2) is 19.9 Å². The Balaban J connectivity index is 2.39. The number of nitrogens with one attached hydrogen (secondary N) is 1. The van der Waals surface area contributed by atoms with Crippen LogP contribution in [0.2, 0.25) is 0 Å². The molecule has 0 unspecified atom stereocenters. The Morgan fingerprint density at radius 1 is 1.22 bits per heavy atom. The molecule has 2 aromatic rings. The van der Waals surface area contributed by atoms with Crippen molar-refractivity contribution < 1.29 is 4.74 Å². The molecular weight excluding hydrogens is 230 g/mol. The third kappa shape index (κ3) is 2.98. The van der Waals surface area contributed by atoms with Gasteiger partial charge in [0, 0.05) is 37.7 Å². The Morgan fingerprint density at radius 2 is 2.00 bits per heavy atom. The van der Waals surface area contributed by atoms with Gasteiger partial charge in [-0.15, -0.1) is 0 Å². The fraction of sp³-hybridized carbons (Fsp3) is 0.333. The largest absolute Gasteiger partial charge is 0.377 e. The highest BCUT2D eigenvalue weighted by molar-refractivity contribution is 5.60. The average Bonchev–Trinajstić information content (AvgIpc) is 2.40. The van der Waals surface area contributed by atoms with Gasteiger partial charge in [-0.2, -0.15) is 0 Å². The fourth-order valence-electron chi connectivity index (χ4n) is 1.54. The number of methoxy groups -OCH3 is 1. The van der Waals surface area contributed by atoms with Crippen LogP contribution >= 0.6 is 0 Å². The van der Waals surface area contributed by atoms with Crippen molar-refractivity contribution in [3.8, 4) is 11.3 Å². The van der Waals surface area contributed by atoms with Gasteiger partial charge in [0.1, 0.15) is 18.8 Å². The molecule has 0 aromatic carbocycles. The van der Waals surface area contributed by atoms with Crippen molar-refractivity contribution >= 4 is 5.82 Å². The summed E-state index contributed by atoms with van der Waals surface area (Å²) in [6.07, 6.45) is 4.94. The average molecular weight is 245 g/mol. The van der Waals surface area contributed by atoms with Crippen molar-refractivity contribution in [1.82, 2.24) is 19.9 Å². The SMILES string of the molecule is CCNc1cc(-c2cncnc2)nc(COC)n1. The first-order valence-electron chi connectivity index (χ1n) is 5.69. The number of aromatic nitrogens is 4. The third-order valence-electron chi connectivity index (χ3n) is 2.26. The summed E-state index contributed by atoms with van der Waals surface area (Å²) in [5.41, 5.74) is 1.64. The molecule has 0 radical (unpaired) electrons. The first-order chi connectivity index (χ1) is 8.83. The van der Waals surface area contributed by atoms with Crippen LogP contribution in [0.15, 0.2) is 24.8 Å². The minimum absolute atomic E-state index is 0.375. The van der Waals surface area contributed by atoms with Gasteiger partial charge in [-0.3, -0.25) is 0 Å². The predicted octanol–water partition coefficient (Wildman–Crippen LogP) is 1.51. The maximum Gasteiger partial charge on any atom is 0.157 e. The molecule has 0 aliphatic rings. The zero-order chi connectivity index (χ0) is 12.8. The van der Waals surface area contributed by atoms with Crippen LogP contribution in [0.4, 0.5) is 5.82 Å². The van der Waals surface area contributed by atoms with E-state index in [9.17, 15) is 0 Å². The van der Waals surface area contributed by atoms with Gasteiger partial charge >= 0.3 is 0 Å². The van der Waals surface area contributed by atoms with Crippen LogP contribution in [0.25, 0.3) is 11.3 Å². The van der Waals surface area contributed by atoms with E-state index in [-0.39, 0.29) is 0 Å². The molecule has 0 spiro atoms. The highest BCUT2D eigenvalue weighted by Crippen LogP contribution is 2.18.